The number of hydrogen-bond donors (Lipinski definition) is 1. The molecule has 84 valence electrons. The van der Waals surface area contributed by atoms with Gasteiger partial charge in [-0.25, -0.2) is 4.98 Å². The first-order chi connectivity index (χ1) is 7.74. The van der Waals surface area contributed by atoms with Crippen molar-refractivity contribution < 1.29 is 9.47 Å². The van der Waals surface area contributed by atoms with Gasteiger partial charge in [-0.05, 0) is 12.1 Å². The van der Waals surface area contributed by atoms with Crippen LogP contribution >= 0.6 is 11.3 Å². The molecule has 2 N–H and O–H groups in total. The van der Waals surface area contributed by atoms with Crippen LogP contribution in [0.4, 0.5) is 5.00 Å². The lowest BCUT2D eigenvalue weighted by molar-refractivity contribution is 0.394. The SMILES string of the molecule is COc1cc(OC)cc(-c2ncsc2N)c1. The molecule has 0 spiro atoms. The van der Waals surface area contributed by atoms with Crippen LogP contribution in [0.5, 0.6) is 11.5 Å². The molecule has 2 aromatic rings. The van der Waals surface area contributed by atoms with Crippen LogP contribution in [0.3, 0.4) is 0 Å². The Balaban J connectivity index is 2.52. The third-order valence-electron chi connectivity index (χ3n) is 2.22. The molecule has 2 rings (SSSR count). The average molecular weight is 236 g/mol. The van der Waals surface area contributed by atoms with E-state index in [4.69, 9.17) is 15.2 Å². The first-order valence-corrected chi connectivity index (χ1v) is 5.55. The van der Waals surface area contributed by atoms with Crippen LogP contribution in [0, 0.1) is 0 Å². The highest BCUT2D eigenvalue weighted by Gasteiger charge is 2.09. The van der Waals surface area contributed by atoms with Gasteiger partial charge in [-0.1, -0.05) is 0 Å². The van der Waals surface area contributed by atoms with Crippen LogP contribution in [-0.2, 0) is 0 Å². The van der Waals surface area contributed by atoms with E-state index in [2.05, 4.69) is 4.98 Å². The van der Waals surface area contributed by atoms with Crippen molar-refractivity contribution in [2.75, 3.05) is 20.0 Å². The van der Waals surface area contributed by atoms with Gasteiger partial charge in [0.2, 0.25) is 0 Å². The standard InChI is InChI=1S/C11H12N2O2S/c1-14-8-3-7(4-9(5-8)15-2)10-11(12)16-6-13-10/h3-6H,12H2,1-2H3. The highest BCUT2D eigenvalue weighted by molar-refractivity contribution is 7.14. The average Bonchev–Trinajstić information content (AvgIpc) is 2.74. The lowest BCUT2D eigenvalue weighted by Gasteiger charge is -2.07. The van der Waals surface area contributed by atoms with E-state index in [1.807, 2.05) is 18.2 Å². The Kier molecular flexibility index (Phi) is 2.96. The van der Waals surface area contributed by atoms with Crippen molar-refractivity contribution in [2.24, 2.45) is 0 Å². The number of nitrogens with two attached hydrogens (primary N) is 1. The smallest absolute Gasteiger partial charge is 0.123 e. The molecule has 1 aromatic carbocycles. The van der Waals surface area contributed by atoms with Crippen molar-refractivity contribution in [3.05, 3.63) is 23.7 Å². The zero-order valence-corrected chi connectivity index (χ0v) is 9.88. The number of thiazole rings is 1. The zero-order valence-electron chi connectivity index (χ0n) is 9.06. The largest absolute Gasteiger partial charge is 0.497 e. The third kappa shape index (κ3) is 1.94. The molecule has 0 atom stereocenters. The summed E-state index contributed by atoms with van der Waals surface area (Å²) in [6, 6.07) is 5.58. The van der Waals surface area contributed by atoms with Gasteiger partial charge in [-0.15, -0.1) is 11.3 Å². The predicted octanol–water partition coefficient (Wildman–Crippen LogP) is 2.41. The number of hydrogen-bond acceptors (Lipinski definition) is 5. The highest BCUT2D eigenvalue weighted by atomic mass is 32.1. The van der Waals surface area contributed by atoms with E-state index >= 15 is 0 Å². The Morgan fingerprint density at radius 1 is 1.12 bits per heavy atom. The van der Waals surface area contributed by atoms with Gasteiger partial charge in [0.1, 0.15) is 22.2 Å². The van der Waals surface area contributed by atoms with Crippen LogP contribution < -0.4 is 15.2 Å². The molecule has 0 unspecified atom stereocenters. The van der Waals surface area contributed by atoms with Gasteiger partial charge >= 0.3 is 0 Å². The number of nitrogen functional groups attached to an aromatic ring is 1. The number of anilines is 1. The van der Waals surface area contributed by atoms with E-state index in [-0.39, 0.29) is 0 Å². The molecular formula is C11H12N2O2S. The van der Waals surface area contributed by atoms with Gasteiger partial charge in [0, 0.05) is 11.6 Å². The molecule has 4 nitrogen and oxygen atoms in total. The fourth-order valence-electron chi connectivity index (χ4n) is 1.42. The summed E-state index contributed by atoms with van der Waals surface area (Å²) < 4.78 is 10.4. The van der Waals surface area contributed by atoms with Crippen molar-refractivity contribution in [3.8, 4) is 22.8 Å². The van der Waals surface area contributed by atoms with E-state index in [1.165, 1.54) is 11.3 Å². The third-order valence-corrected chi connectivity index (χ3v) is 2.88. The molecular weight excluding hydrogens is 224 g/mol. The minimum Gasteiger partial charge on any atom is -0.497 e. The second-order valence-corrected chi connectivity index (χ2v) is 4.05. The zero-order chi connectivity index (χ0) is 11.5. The van der Waals surface area contributed by atoms with Crippen LogP contribution in [0.15, 0.2) is 23.7 Å². The summed E-state index contributed by atoms with van der Waals surface area (Å²) in [4.78, 5) is 4.22. The molecule has 0 aliphatic rings. The van der Waals surface area contributed by atoms with Crippen molar-refractivity contribution in [2.45, 2.75) is 0 Å². The molecule has 1 aromatic heterocycles. The van der Waals surface area contributed by atoms with Crippen molar-refractivity contribution >= 4 is 16.3 Å². The minimum atomic E-state index is 0.690. The summed E-state index contributed by atoms with van der Waals surface area (Å²) >= 11 is 1.41. The van der Waals surface area contributed by atoms with E-state index in [9.17, 15) is 0 Å². The van der Waals surface area contributed by atoms with E-state index < -0.39 is 0 Å². The van der Waals surface area contributed by atoms with Gasteiger partial charge in [-0.3, -0.25) is 0 Å². The Hall–Kier alpha value is -1.75. The fourth-order valence-corrected chi connectivity index (χ4v) is 1.97. The number of nitrogens with zero attached hydrogens (tertiary/aromatic N) is 1. The Labute approximate surface area is 97.6 Å². The van der Waals surface area contributed by atoms with Gasteiger partial charge in [0.25, 0.3) is 0 Å². The molecule has 0 saturated carbocycles. The fraction of sp³-hybridized carbons (Fsp3) is 0.182. The summed E-state index contributed by atoms with van der Waals surface area (Å²) in [6.07, 6.45) is 0. The maximum Gasteiger partial charge on any atom is 0.123 e. The van der Waals surface area contributed by atoms with Gasteiger partial charge in [0.05, 0.1) is 19.7 Å². The summed E-state index contributed by atoms with van der Waals surface area (Å²) in [7, 11) is 3.23. The molecule has 0 radical (unpaired) electrons. The maximum absolute atomic E-state index is 5.83. The number of rotatable bonds is 3. The van der Waals surface area contributed by atoms with Gasteiger partial charge in [0.15, 0.2) is 0 Å². The molecule has 0 bridgehead atoms. The molecule has 1 heterocycles. The van der Waals surface area contributed by atoms with E-state index in [0.717, 1.165) is 22.8 Å². The van der Waals surface area contributed by atoms with Crippen molar-refractivity contribution in [1.29, 1.82) is 0 Å². The van der Waals surface area contributed by atoms with Crippen LogP contribution in [0.2, 0.25) is 0 Å². The van der Waals surface area contributed by atoms with E-state index in [0.29, 0.717) is 5.00 Å². The Morgan fingerprint density at radius 3 is 2.19 bits per heavy atom. The van der Waals surface area contributed by atoms with Crippen LogP contribution in [-0.4, -0.2) is 19.2 Å². The van der Waals surface area contributed by atoms with Gasteiger partial charge in [-0.2, -0.15) is 0 Å². The predicted molar refractivity (Wildman–Crippen MR) is 65.1 cm³/mol. The molecule has 0 fully saturated rings. The molecule has 0 amide bonds. The second kappa shape index (κ2) is 4.40. The summed E-state index contributed by atoms with van der Waals surface area (Å²) in [5, 5.41) is 0.690. The number of ether oxygens (including phenoxy) is 2. The van der Waals surface area contributed by atoms with Crippen LogP contribution in [0.25, 0.3) is 11.3 Å². The Morgan fingerprint density at radius 2 is 1.75 bits per heavy atom. The second-order valence-electron chi connectivity index (χ2n) is 3.17. The lowest BCUT2D eigenvalue weighted by atomic mass is 10.1. The first-order valence-electron chi connectivity index (χ1n) is 4.67. The molecule has 16 heavy (non-hydrogen) atoms. The normalized spacial score (nSPS) is 10.1. The monoisotopic (exact) mass is 236 g/mol. The highest BCUT2D eigenvalue weighted by Crippen LogP contribution is 2.33. The molecule has 0 aliphatic carbocycles. The first kappa shape index (κ1) is 10.8. The van der Waals surface area contributed by atoms with E-state index in [1.54, 1.807) is 19.7 Å². The molecule has 5 heteroatoms. The maximum atomic E-state index is 5.83. The van der Waals surface area contributed by atoms with Crippen molar-refractivity contribution in [3.63, 3.8) is 0 Å². The van der Waals surface area contributed by atoms with Crippen LogP contribution in [0.1, 0.15) is 0 Å². The lowest BCUT2D eigenvalue weighted by Crippen LogP contribution is -1.90. The number of aromatic nitrogens is 1. The quantitative estimate of drug-likeness (QED) is 0.889. The summed E-state index contributed by atoms with van der Waals surface area (Å²) in [5.41, 5.74) is 9.21. The molecule has 0 saturated heterocycles. The number of methoxy groups -OCH3 is 2. The molecule has 0 aliphatic heterocycles. The summed E-state index contributed by atoms with van der Waals surface area (Å²) in [6.45, 7) is 0. The summed E-state index contributed by atoms with van der Waals surface area (Å²) in [5.74, 6) is 1.45. The van der Waals surface area contributed by atoms with Gasteiger partial charge < -0.3 is 15.2 Å². The topological polar surface area (TPSA) is 57.4 Å². The Bertz CT molecular complexity index is 474. The van der Waals surface area contributed by atoms with Crippen molar-refractivity contribution in [1.82, 2.24) is 4.98 Å². The number of benzene rings is 1. The minimum absolute atomic E-state index is 0.690.